The highest BCUT2D eigenvalue weighted by molar-refractivity contribution is 6.29. The fourth-order valence-corrected chi connectivity index (χ4v) is 23.2. The smallest absolute Gasteiger partial charge is 0.135 e. The molecule has 0 spiro atoms. The van der Waals surface area contributed by atoms with E-state index in [-0.39, 0.29) is 4.28 Å². The molecule has 30 aromatic rings. The zero-order valence-corrected chi connectivity index (χ0v) is 79.0. The number of rotatable bonds is 11. The number of hydrogen-bond acceptors (Lipinski definition) is 3. The minimum atomic E-state index is 0. The molecule has 0 amide bonds. The van der Waals surface area contributed by atoms with Crippen molar-refractivity contribution in [2.45, 2.75) is 0 Å². The third kappa shape index (κ3) is 14.6. The van der Waals surface area contributed by atoms with Crippen LogP contribution in [0.1, 0.15) is 4.28 Å². The van der Waals surface area contributed by atoms with Crippen LogP contribution in [0.5, 0.6) is 0 Å². The summed E-state index contributed by atoms with van der Waals surface area (Å²) in [5, 5.41) is 31.8. The summed E-state index contributed by atoms with van der Waals surface area (Å²) in [6, 6.07) is 193. The van der Waals surface area contributed by atoms with Crippen LogP contribution in [0.15, 0.2) is 547 Å². The highest BCUT2D eigenvalue weighted by Gasteiger charge is 2.26. The lowest BCUT2D eigenvalue weighted by Crippen LogP contribution is -1.92. The van der Waals surface area contributed by atoms with Crippen molar-refractivity contribution < 1.29 is 17.5 Å². The van der Waals surface area contributed by atoms with E-state index >= 15 is 0 Å². The van der Waals surface area contributed by atoms with Gasteiger partial charge in [0.2, 0.25) is 0 Å². The topological polar surface area (TPSA) is 39.4 Å². The van der Waals surface area contributed by atoms with Gasteiger partial charge in [-0.05, 0) is 321 Å². The van der Waals surface area contributed by atoms with E-state index in [1.165, 1.54) is 230 Å². The van der Waals surface area contributed by atoms with Crippen LogP contribution in [0.25, 0.3) is 296 Å². The Balaban J connectivity index is 0.000000114. The first-order chi connectivity index (χ1) is 71.9. The second kappa shape index (κ2) is 35.1. The molecule has 3 aromatic heterocycles. The van der Waals surface area contributed by atoms with Crippen molar-refractivity contribution in [1.29, 1.82) is 0 Å². The first-order valence-electron chi connectivity index (χ1n) is 49.9. The lowest BCUT2D eigenvalue weighted by Gasteiger charge is -2.19. The fraction of sp³-hybridized carbons (Fsp3) is 0. The van der Waals surface area contributed by atoms with Gasteiger partial charge in [0.1, 0.15) is 33.5 Å². The van der Waals surface area contributed by atoms with E-state index in [2.05, 4.69) is 497 Å². The van der Waals surface area contributed by atoms with Gasteiger partial charge in [0.15, 0.2) is 0 Å². The van der Waals surface area contributed by atoms with Gasteiger partial charge in [-0.25, -0.2) is 0 Å². The van der Waals surface area contributed by atoms with E-state index in [1.54, 1.807) is 0 Å². The standard InChI is InChI=1S/2C48H30O.C46H28O.3H2/c1-2-12-31(13-3-1)33-15-10-16-34(28-33)35-25-24-32-14-11-22-42(43(32)29-35)48-40-20-6-4-18-38(40)47(39-19-5-7-21-41(39)48)36-26-27-46-44(30-36)37-17-8-9-23-45(37)49-46;1-2-12-31(13-3-1)32-14-10-15-33(28-32)34-24-26-37-35(29-34)16-11-22-39(37)48-42-20-6-4-18-40(42)47(41-19-5-7-21-43(41)48)36-25-27-46-44(30-36)38-17-8-9-23-45(38)49-46;1-2-11-31-26-32(22-20-29(31)10-1)33-23-21-30-12-9-18-40(41(30)27-33)46-38-16-5-3-14-36(38)45(37-15-4-6-17-39(37)46)34-24-25-44-42(28-34)35-13-7-8-19-43(35)47-44;;;/h2*1-30H;1-28H;3*1H/i;;;3*1+1. The molecule has 0 bridgehead atoms. The molecule has 3 heterocycles. The van der Waals surface area contributed by atoms with E-state index < -0.39 is 0 Å². The van der Waals surface area contributed by atoms with Gasteiger partial charge in [0.05, 0.1) is 0 Å². The minimum Gasteiger partial charge on any atom is -0.456 e. The zero-order valence-electron chi connectivity index (χ0n) is 79.0. The molecule has 3 nitrogen and oxygen atoms in total. The number of para-hydroxylation sites is 3. The van der Waals surface area contributed by atoms with Crippen LogP contribution in [-0.2, 0) is 0 Å². The molecule has 0 aliphatic heterocycles. The Morgan fingerprint density at radius 3 is 0.676 bits per heavy atom. The molecule has 0 aliphatic carbocycles. The number of hydrogen-bond donors (Lipinski definition) is 0. The molecule has 0 saturated carbocycles. The van der Waals surface area contributed by atoms with Gasteiger partial charge in [0.25, 0.3) is 0 Å². The summed E-state index contributed by atoms with van der Waals surface area (Å²) in [7, 11) is 0. The molecule has 3 heteroatoms. The molecule has 0 unspecified atom stereocenters. The van der Waals surface area contributed by atoms with Crippen LogP contribution in [0.3, 0.4) is 0 Å². The minimum absolute atomic E-state index is 0. The second-order valence-electron chi connectivity index (χ2n) is 38.1. The van der Waals surface area contributed by atoms with E-state index in [0.717, 1.165) is 65.8 Å². The van der Waals surface area contributed by atoms with E-state index in [9.17, 15) is 0 Å². The van der Waals surface area contributed by atoms with Crippen LogP contribution in [-0.4, -0.2) is 0 Å². The van der Waals surface area contributed by atoms with Crippen molar-refractivity contribution in [2.75, 3.05) is 0 Å². The maximum absolute atomic E-state index is 6.21. The summed E-state index contributed by atoms with van der Waals surface area (Å²) in [5.41, 5.74) is 32.6. The molecular weight excluding hydrogens is 1750 g/mol. The maximum atomic E-state index is 6.21. The normalized spacial score (nSPS) is 11.7. The molecular formula is C142H94O3. The summed E-state index contributed by atoms with van der Waals surface area (Å²) in [5.74, 6) is 0. The number of fused-ring (bicyclic) bond motifs is 19. The van der Waals surface area contributed by atoms with Crippen LogP contribution in [0.2, 0.25) is 0 Å². The first kappa shape index (κ1) is 84.0. The zero-order chi connectivity index (χ0) is 95.5. The van der Waals surface area contributed by atoms with Crippen LogP contribution in [0, 0.1) is 0 Å². The van der Waals surface area contributed by atoms with Gasteiger partial charge in [-0.3, -0.25) is 0 Å². The van der Waals surface area contributed by atoms with Gasteiger partial charge in [-0.1, -0.05) is 443 Å². The molecule has 145 heavy (non-hydrogen) atoms. The summed E-state index contributed by atoms with van der Waals surface area (Å²) >= 11 is 0. The Morgan fingerprint density at radius 1 is 0.0966 bits per heavy atom. The van der Waals surface area contributed by atoms with Crippen molar-refractivity contribution in [3.8, 4) is 122 Å². The largest absolute Gasteiger partial charge is 0.456 e. The number of furan rings is 3. The average molecular weight is 1850 g/mol. The SMILES string of the molecule is [2HH].[2HH].[2HH].c1ccc(-c2cccc(-c3ccc4c(-c5c6ccccc6c(-c6ccc7oc8ccccc8c7c6)c6ccccc56)cccc4c3)c2)cc1.c1ccc(-c2cccc(-c3ccc4cccc(-c5c6ccccc6c(-c6ccc7oc8ccccc8c7c6)c6ccccc56)c4c3)c2)cc1.c1ccc2cc(-c3ccc4cccc(-c5c6ccccc6c(-c6ccc7oc8ccccc8c7c6)c6ccccc56)c4c3)ccc2c1. The predicted molar refractivity (Wildman–Crippen MR) is 622 cm³/mol. The van der Waals surface area contributed by atoms with Crippen molar-refractivity contribution in [3.05, 3.63) is 534 Å². The summed E-state index contributed by atoms with van der Waals surface area (Å²) in [6.45, 7) is 0. The molecule has 680 valence electrons. The molecule has 0 N–H and O–H groups in total. The second-order valence-corrected chi connectivity index (χ2v) is 38.1. The average Bonchev–Trinajstić information content (AvgIpc) is 0.938. The molecule has 0 saturated heterocycles. The van der Waals surface area contributed by atoms with Crippen LogP contribution < -0.4 is 0 Å². The summed E-state index contributed by atoms with van der Waals surface area (Å²) < 4.78 is 18.6. The predicted octanol–water partition coefficient (Wildman–Crippen LogP) is 41.4. The van der Waals surface area contributed by atoms with Gasteiger partial charge in [-0.2, -0.15) is 0 Å². The first-order valence-corrected chi connectivity index (χ1v) is 49.9. The lowest BCUT2D eigenvalue weighted by atomic mass is 9.84. The van der Waals surface area contributed by atoms with Crippen molar-refractivity contribution in [1.82, 2.24) is 0 Å². The Hall–Kier alpha value is -19.1. The Kier molecular flexibility index (Phi) is 20.3. The Bertz CT molecular complexity index is 10300. The Morgan fingerprint density at radius 2 is 0.317 bits per heavy atom. The molecule has 30 rings (SSSR count). The third-order valence-corrected chi connectivity index (χ3v) is 29.9. The lowest BCUT2D eigenvalue weighted by molar-refractivity contribution is 0.668. The maximum Gasteiger partial charge on any atom is 0.135 e. The highest BCUT2D eigenvalue weighted by atomic mass is 16.3. The van der Waals surface area contributed by atoms with Crippen molar-refractivity contribution in [3.63, 3.8) is 0 Å². The van der Waals surface area contributed by atoms with Crippen LogP contribution >= 0.6 is 0 Å². The monoisotopic (exact) mass is 1850 g/mol. The van der Waals surface area contributed by atoms with E-state index in [1.807, 2.05) is 36.4 Å². The molecule has 27 aromatic carbocycles. The molecule has 0 atom stereocenters. The molecule has 0 radical (unpaired) electrons. The quantitative estimate of drug-likeness (QED) is 0.121. The molecule has 0 fully saturated rings. The van der Waals surface area contributed by atoms with Gasteiger partial charge in [0, 0.05) is 36.6 Å². The van der Waals surface area contributed by atoms with Crippen LogP contribution in [0.4, 0.5) is 0 Å². The number of benzene rings is 27. The fourth-order valence-electron chi connectivity index (χ4n) is 23.2. The van der Waals surface area contributed by atoms with Gasteiger partial charge < -0.3 is 13.3 Å². The van der Waals surface area contributed by atoms with Gasteiger partial charge >= 0.3 is 0 Å². The van der Waals surface area contributed by atoms with Crippen molar-refractivity contribution >= 4 is 174 Å². The Labute approximate surface area is 841 Å². The highest BCUT2D eigenvalue weighted by Crippen LogP contribution is 2.53. The summed E-state index contributed by atoms with van der Waals surface area (Å²) in [4.78, 5) is 0. The van der Waals surface area contributed by atoms with E-state index in [0.29, 0.717) is 0 Å². The summed E-state index contributed by atoms with van der Waals surface area (Å²) in [6.07, 6.45) is 0. The third-order valence-electron chi connectivity index (χ3n) is 29.9. The molecule has 0 aliphatic rings. The van der Waals surface area contributed by atoms with Gasteiger partial charge in [-0.15, -0.1) is 0 Å². The van der Waals surface area contributed by atoms with Crippen molar-refractivity contribution in [2.24, 2.45) is 0 Å². The van der Waals surface area contributed by atoms with E-state index in [4.69, 9.17) is 13.3 Å².